The molecule has 0 heterocycles. The van der Waals surface area contributed by atoms with Crippen LogP contribution in [0.1, 0.15) is 33.6 Å². The zero-order chi connectivity index (χ0) is 10.9. The zero-order valence-electron chi connectivity index (χ0n) is 8.96. The molecule has 0 aromatic carbocycles. The number of hydrogen-bond acceptors (Lipinski definition) is 2. The molecular formula is C10H18N2OS. The topological polar surface area (TPSA) is 55.1 Å². The first-order valence-corrected chi connectivity index (χ1v) is 5.35. The fourth-order valence-corrected chi connectivity index (χ4v) is 1.59. The van der Waals surface area contributed by atoms with E-state index in [9.17, 15) is 4.79 Å². The Balaban J connectivity index is 2.46. The Morgan fingerprint density at radius 2 is 2.00 bits per heavy atom. The SMILES string of the molecule is CC1CC(NC(=O)C(C)(C)C(N)=S)C1. The third-order valence-electron chi connectivity index (χ3n) is 2.89. The second-order valence-electron chi connectivity index (χ2n) is 4.74. The first-order valence-electron chi connectivity index (χ1n) is 4.95. The molecule has 1 fully saturated rings. The van der Waals surface area contributed by atoms with E-state index in [-0.39, 0.29) is 10.9 Å². The summed E-state index contributed by atoms with van der Waals surface area (Å²) >= 11 is 4.86. The summed E-state index contributed by atoms with van der Waals surface area (Å²) < 4.78 is 0. The molecule has 1 saturated carbocycles. The van der Waals surface area contributed by atoms with E-state index in [2.05, 4.69) is 12.2 Å². The molecule has 80 valence electrons. The van der Waals surface area contributed by atoms with E-state index in [0.29, 0.717) is 6.04 Å². The van der Waals surface area contributed by atoms with Gasteiger partial charge in [-0.25, -0.2) is 0 Å². The number of amides is 1. The van der Waals surface area contributed by atoms with Gasteiger partial charge in [0.1, 0.15) is 0 Å². The molecule has 0 aliphatic heterocycles. The second-order valence-corrected chi connectivity index (χ2v) is 5.18. The van der Waals surface area contributed by atoms with Crippen molar-refractivity contribution in [2.45, 2.75) is 39.7 Å². The molecule has 0 bridgehead atoms. The standard InChI is InChI=1S/C10H18N2OS/c1-6-4-7(5-6)12-9(13)10(2,3)8(11)14/h6-7H,4-5H2,1-3H3,(H2,11,14)(H,12,13). The molecule has 0 unspecified atom stereocenters. The normalized spacial score (nSPS) is 26.5. The van der Waals surface area contributed by atoms with Crippen LogP contribution in [0.4, 0.5) is 0 Å². The van der Waals surface area contributed by atoms with Crippen LogP contribution in [0.2, 0.25) is 0 Å². The molecule has 0 aromatic heterocycles. The fraction of sp³-hybridized carbons (Fsp3) is 0.800. The van der Waals surface area contributed by atoms with Crippen LogP contribution in [0.5, 0.6) is 0 Å². The summed E-state index contributed by atoms with van der Waals surface area (Å²) in [5, 5.41) is 2.96. The van der Waals surface area contributed by atoms with Gasteiger partial charge in [0.05, 0.1) is 10.4 Å². The maximum Gasteiger partial charge on any atom is 0.232 e. The summed E-state index contributed by atoms with van der Waals surface area (Å²) in [5.74, 6) is 0.676. The summed E-state index contributed by atoms with van der Waals surface area (Å²) in [7, 11) is 0. The van der Waals surface area contributed by atoms with Gasteiger partial charge in [0.25, 0.3) is 0 Å². The first kappa shape index (κ1) is 11.4. The van der Waals surface area contributed by atoms with Crippen molar-refractivity contribution in [3.63, 3.8) is 0 Å². The quantitative estimate of drug-likeness (QED) is 0.694. The van der Waals surface area contributed by atoms with Gasteiger partial charge in [-0.2, -0.15) is 0 Å². The lowest BCUT2D eigenvalue weighted by atomic mass is 9.81. The van der Waals surface area contributed by atoms with E-state index in [1.165, 1.54) is 0 Å². The van der Waals surface area contributed by atoms with Crippen molar-refractivity contribution in [1.29, 1.82) is 0 Å². The Bertz CT molecular complexity index is 257. The summed E-state index contributed by atoms with van der Waals surface area (Å²) in [4.78, 5) is 12.0. The smallest absolute Gasteiger partial charge is 0.232 e. The first-order chi connectivity index (χ1) is 6.34. The van der Waals surface area contributed by atoms with Crippen LogP contribution in [0.3, 0.4) is 0 Å². The maximum absolute atomic E-state index is 11.7. The van der Waals surface area contributed by atoms with Crippen molar-refractivity contribution in [3.8, 4) is 0 Å². The summed E-state index contributed by atoms with van der Waals surface area (Å²) in [6.45, 7) is 5.70. The Labute approximate surface area is 90.4 Å². The molecule has 1 aliphatic carbocycles. The van der Waals surface area contributed by atoms with Gasteiger partial charge in [-0.15, -0.1) is 0 Å². The molecular weight excluding hydrogens is 196 g/mol. The molecule has 4 heteroatoms. The molecule has 3 N–H and O–H groups in total. The van der Waals surface area contributed by atoms with Crippen molar-refractivity contribution in [2.24, 2.45) is 17.1 Å². The third-order valence-corrected chi connectivity index (χ3v) is 3.40. The number of carbonyl (C=O) groups excluding carboxylic acids is 1. The van der Waals surface area contributed by atoms with E-state index in [0.717, 1.165) is 18.8 Å². The van der Waals surface area contributed by atoms with Gasteiger partial charge in [-0.3, -0.25) is 4.79 Å². The van der Waals surface area contributed by atoms with Gasteiger partial charge in [-0.1, -0.05) is 19.1 Å². The highest BCUT2D eigenvalue weighted by atomic mass is 32.1. The molecule has 1 rings (SSSR count). The van der Waals surface area contributed by atoms with Crippen molar-refractivity contribution < 1.29 is 4.79 Å². The largest absolute Gasteiger partial charge is 0.392 e. The lowest BCUT2D eigenvalue weighted by Crippen LogP contribution is -2.51. The zero-order valence-corrected chi connectivity index (χ0v) is 9.78. The summed E-state index contributed by atoms with van der Waals surface area (Å²) in [6.07, 6.45) is 2.14. The van der Waals surface area contributed by atoms with Crippen LogP contribution >= 0.6 is 12.2 Å². The van der Waals surface area contributed by atoms with Gasteiger partial charge >= 0.3 is 0 Å². The highest BCUT2D eigenvalue weighted by Gasteiger charge is 2.35. The van der Waals surface area contributed by atoms with E-state index < -0.39 is 5.41 Å². The predicted octanol–water partition coefficient (Wildman–Crippen LogP) is 1.21. The van der Waals surface area contributed by atoms with Crippen LogP contribution < -0.4 is 11.1 Å². The second kappa shape index (κ2) is 3.85. The van der Waals surface area contributed by atoms with Gasteiger partial charge in [0, 0.05) is 6.04 Å². The average Bonchev–Trinajstić information content (AvgIpc) is 2.01. The van der Waals surface area contributed by atoms with Crippen LogP contribution in [-0.2, 0) is 4.79 Å². The summed E-state index contributed by atoms with van der Waals surface area (Å²) in [6, 6.07) is 0.325. The monoisotopic (exact) mass is 214 g/mol. The number of carbonyl (C=O) groups is 1. The fourth-order valence-electron chi connectivity index (χ4n) is 1.50. The predicted molar refractivity (Wildman–Crippen MR) is 60.9 cm³/mol. The Morgan fingerprint density at radius 3 is 2.36 bits per heavy atom. The molecule has 14 heavy (non-hydrogen) atoms. The lowest BCUT2D eigenvalue weighted by Gasteiger charge is -2.35. The number of thiocarbonyl (C=S) groups is 1. The Kier molecular flexibility index (Phi) is 3.14. The van der Waals surface area contributed by atoms with Crippen molar-refractivity contribution in [1.82, 2.24) is 5.32 Å². The minimum atomic E-state index is -0.728. The molecule has 0 radical (unpaired) electrons. The molecule has 0 saturated heterocycles. The van der Waals surface area contributed by atoms with Gasteiger partial charge in [0.15, 0.2) is 0 Å². The number of nitrogens with two attached hydrogens (primary N) is 1. The maximum atomic E-state index is 11.7. The van der Waals surface area contributed by atoms with Crippen molar-refractivity contribution in [3.05, 3.63) is 0 Å². The summed E-state index contributed by atoms with van der Waals surface area (Å²) in [5.41, 5.74) is 4.78. The Morgan fingerprint density at radius 1 is 1.50 bits per heavy atom. The van der Waals surface area contributed by atoms with Gasteiger partial charge < -0.3 is 11.1 Å². The van der Waals surface area contributed by atoms with Gasteiger partial charge in [0.2, 0.25) is 5.91 Å². The highest BCUT2D eigenvalue weighted by molar-refractivity contribution is 7.80. The molecule has 0 atom stereocenters. The number of nitrogens with one attached hydrogen (secondary N) is 1. The Hall–Kier alpha value is -0.640. The van der Waals surface area contributed by atoms with Crippen LogP contribution in [0.25, 0.3) is 0 Å². The van der Waals surface area contributed by atoms with Crippen LogP contribution in [0.15, 0.2) is 0 Å². The van der Waals surface area contributed by atoms with Crippen LogP contribution in [-0.4, -0.2) is 16.9 Å². The third kappa shape index (κ3) is 2.23. The average molecular weight is 214 g/mol. The van der Waals surface area contributed by atoms with E-state index in [1.54, 1.807) is 13.8 Å². The minimum Gasteiger partial charge on any atom is -0.392 e. The van der Waals surface area contributed by atoms with E-state index in [4.69, 9.17) is 18.0 Å². The molecule has 1 aliphatic rings. The van der Waals surface area contributed by atoms with Crippen LogP contribution in [0, 0.1) is 11.3 Å². The highest BCUT2D eigenvalue weighted by Crippen LogP contribution is 2.27. The number of rotatable bonds is 3. The van der Waals surface area contributed by atoms with Crippen molar-refractivity contribution in [2.75, 3.05) is 0 Å². The van der Waals surface area contributed by atoms with Crippen molar-refractivity contribution >= 4 is 23.1 Å². The molecule has 1 amide bonds. The molecule has 0 aromatic rings. The molecule has 0 spiro atoms. The lowest BCUT2D eigenvalue weighted by molar-refractivity contribution is -0.127. The van der Waals surface area contributed by atoms with Gasteiger partial charge in [-0.05, 0) is 32.6 Å². The molecule has 3 nitrogen and oxygen atoms in total. The van der Waals surface area contributed by atoms with E-state index >= 15 is 0 Å². The minimum absolute atomic E-state index is 0.0538. The number of hydrogen-bond donors (Lipinski definition) is 2. The van der Waals surface area contributed by atoms with E-state index in [1.807, 2.05) is 0 Å².